The molecule has 152 valence electrons. The number of aryl methyl sites for hydroxylation is 2. The molecule has 0 spiro atoms. The molecule has 0 fully saturated rings. The standard InChI is InChI=1S/C22H31N3O3/c1-14(2)12-20(22(27)28)23-21(26)11-10-19-16(4)24-25(17(19)5)13-18-8-6-15(3)7-9-18/h6-9,14,20H,10-13H2,1-5H3,(H,23,26)(H,27,28). The molecular formula is C22H31N3O3. The van der Waals surface area contributed by atoms with E-state index in [1.807, 2.05) is 32.4 Å². The van der Waals surface area contributed by atoms with Gasteiger partial charge in [0.1, 0.15) is 6.04 Å². The lowest BCUT2D eigenvalue weighted by Gasteiger charge is -2.16. The lowest BCUT2D eigenvalue weighted by atomic mass is 10.0. The second kappa shape index (κ2) is 9.53. The van der Waals surface area contributed by atoms with Gasteiger partial charge in [0.2, 0.25) is 5.91 Å². The molecule has 0 aliphatic rings. The monoisotopic (exact) mass is 385 g/mol. The lowest BCUT2D eigenvalue weighted by Crippen LogP contribution is -2.41. The summed E-state index contributed by atoms with van der Waals surface area (Å²) in [4.78, 5) is 23.6. The average molecular weight is 386 g/mol. The van der Waals surface area contributed by atoms with E-state index in [1.54, 1.807) is 0 Å². The van der Waals surface area contributed by atoms with Crippen LogP contribution in [0.4, 0.5) is 0 Å². The van der Waals surface area contributed by atoms with Crippen LogP contribution in [-0.4, -0.2) is 32.8 Å². The number of carboxylic acids is 1. The van der Waals surface area contributed by atoms with Gasteiger partial charge in [-0.15, -0.1) is 0 Å². The number of aliphatic carboxylic acids is 1. The van der Waals surface area contributed by atoms with Crippen molar-refractivity contribution in [3.63, 3.8) is 0 Å². The van der Waals surface area contributed by atoms with Gasteiger partial charge in [-0.25, -0.2) is 4.79 Å². The van der Waals surface area contributed by atoms with Crippen LogP contribution in [0.1, 0.15) is 54.8 Å². The molecule has 0 bridgehead atoms. The van der Waals surface area contributed by atoms with Crippen LogP contribution in [0.2, 0.25) is 0 Å². The van der Waals surface area contributed by atoms with Gasteiger partial charge in [0.25, 0.3) is 0 Å². The maximum atomic E-state index is 12.3. The molecule has 1 heterocycles. The number of aromatic nitrogens is 2. The third-order valence-electron chi connectivity index (χ3n) is 4.93. The fourth-order valence-electron chi connectivity index (χ4n) is 3.31. The fourth-order valence-corrected chi connectivity index (χ4v) is 3.31. The number of nitrogens with zero attached hydrogens (tertiary/aromatic N) is 2. The number of carboxylic acid groups (broad SMARTS) is 1. The Balaban J connectivity index is 2.00. The highest BCUT2D eigenvalue weighted by Crippen LogP contribution is 2.17. The summed E-state index contributed by atoms with van der Waals surface area (Å²) in [7, 11) is 0. The van der Waals surface area contributed by atoms with Crippen molar-refractivity contribution in [2.24, 2.45) is 5.92 Å². The predicted octanol–water partition coefficient (Wildman–Crippen LogP) is 3.40. The number of rotatable bonds is 9. The molecule has 0 aliphatic heterocycles. The molecule has 1 atom stereocenters. The first-order valence-electron chi connectivity index (χ1n) is 9.78. The van der Waals surface area contributed by atoms with Gasteiger partial charge in [-0.05, 0) is 50.7 Å². The minimum atomic E-state index is -0.986. The Morgan fingerprint density at radius 3 is 2.36 bits per heavy atom. The van der Waals surface area contributed by atoms with E-state index in [2.05, 4.69) is 41.6 Å². The van der Waals surface area contributed by atoms with E-state index in [0.717, 1.165) is 17.0 Å². The Kier molecular flexibility index (Phi) is 7.38. The highest BCUT2D eigenvalue weighted by Gasteiger charge is 2.21. The Morgan fingerprint density at radius 2 is 1.79 bits per heavy atom. The molecule has 1 amide bonds. The van der Waals surface area contributed by atoms with Crippen molar-refractivity contribution >= 4 is 11.9 Å². The molecule has 2 N–H and O–H groups in total. The van der Waals surface area contributed by atoms with E-state index < -0.39 is 12.0 Å². The Labute approximate surface area is 167 Å². The van der Waals surface area contributed by atoms with Crippen molar-refractivity contribution in [3.05, 3.63) is 52.3 Å². The number of amides is 1. The van der Waals surface area contributed by atoms with E-state index in [9.17, 15) is 14.7 Å². The molecule has 2 aromatic rings. The van der Waals surface area contributed by atoms with Crippen LogP contribution in [0, 0.1) is 26.7 Å². The van der Waals surface area contributed by atoms with E-state index in [0.29, 0.717) is 19.4 Å². The number of benzene rings is 1. The number of hydrogen-bond donors (Lipinski definition) is 2. The molecule has 1 unspecified atom stereocenters. The third kappa shape index (κ3) is 5.94. The zero-order valence-corrected chi connectivity index (χ0v) is 17.5. The topological polar surface area (TPSA) is 84.2 Å². The molecule has 2 rings (SSSR count). The van der Waals surface area contributed by atoms with Gasteiger partial charge in [-0.1, -0.05) is 43.7 Å². The summed E-state index contributed by atoms with van der Waals surface area (Å²) in [5, 5.41) is 16.5. The number of nitrogens with one attached hydrogen (secondary N) is 1. The summed E-state index contributed by atoms with van der Waals surface area (Å²) in [6, 6.07) is 7.53. The minimum Gasteiger partial charge on any atom is -0.480 e. The predicted molar refractivity (Wildman–Crippen MR) is 109 cm³/mol. The van der Waals surface area contributed by atoms with E-state index >= 15 is 0 Å². The van der Waals surface area contributed by atoms with E-state index in [-0.39, 0.29) is 18.2 Å². The minimum absolute atomic E-state index is 0.200. The molecule has 0 aliphatic carbocycles. The molecule has 6 heteroatoms. The SMILES string of the molecule is Cc1ccc(Cn2nc(C)c(CCC(=O)NC(CC(C)C)C(=O)O)c2C)cc1. The molecule has 0 saturated heterocycles. The molecule has 0 radical (unpaired) electrons. The molecule has 1 aromatic heterocycles. The van der Waals surface area contributed by atoms with Gasteiger partial charge in [0.15, 0.2) is 0 Å². The van der Waals surface area contributed by atoms with Crippen LogP contribution in [0.5, 0.6) is 0 Å². The van der Waals surface area contributed by atoms with Crippen LogP contribution in [0.15, 0.2) is 24.3 Å². The first kappa shape index (κ1) is 21.7. The Bertz CT molecular complexity index is 822. The van der Waals surface area contributed by atoms with Crippen LogP contribution < -0.4 is 5.32 Å². The van der Waals surface area contributed by atoms with Crippen molar-refractivity contribution in [2.75, 3.05) is 0 Å². The second-order valence-corrected chi connectivity index (χ2v) is 7.88. The smallest absolute Gasteiger partial charge is 0.326 e. The summed E-state index contributed by atoms with van der Waals surface area (Å²) in [5.74, 6) is -1.02. The van der Waals surface area contributed by atoms with Gasteiger partial charge >= 0.3 is 5.97 Å². The van der Waals surface area contributed by atoms with Crippen LogP contribution in [0.3, 0.4) is 0 Å². The molecular weight excluding hydrogens is 354 g/mol. The van der Waals surface area contributed by atoms with Crippen LogP contribution >= 0.6 is 0 Å². The quantitative estimate of drug-likeness (QED) is 0.693. The zero-order chi connectivity index (χ0) is 20.8. The van der Waals surface area contributed by atoms with Gasteiger partial charge in [0.05, 0.1) is 12.2 Å². The Morgan fingerprint density at radius 1 is 1.14 bits per heavy atom. The van der Waals surface area contributed by atoms with E-state index in [1.165, 1.54) is 11.1 Å². The van der Waals surface area contributed by atoms with Gasteiger partial charge in [0, 0.05) is 12.1 Å². The van der Waals surface area contributed by atoms with Gasteiger partial charge < -0.3 is 10.4 Å². The average Bonchev–Trinajstić information content (AvgIpc) is 2.87. The number of carbonyl (C=O) groups is 2. The summed E-state index contributed by atoms with van der Waals surface area (Å²) in [5.41, 5.74) is 5.41. The largest absolute Gasteiger partial charge is 0.480 e. The van der Waals surface area contributed by atoms with E-state index in [4.69, 9.17) is 0 Å². The highest BCUT2D eigenvalue weighted by molar-refractivity contribution is 5.83. The number of hydrogen-bond acceptors (Lipinski definition) is 3. The molecule has 28 heavy (non-hydrogen) atoms. The van der Waals surface area contributed by atoms with Crippen LogP contribution in [-0.2, 0) is 22.6 Å². The van der Waals surface area contributed by atoms with Crippen molar-refractivity contribution in [1.82, 2.24) is 15.1 Å². The Hall–Kier alpha value is -2.63. The summed E-state index contributed by atoms with van der Waals surface area (Å²) < 4.78 is 1.96. The normalized spacial score (nSPS) is 12.2. The summed E-state index contributed by atoms with van der Waals surface area (Å²) in [6.45, 7) is 10.6. The molecule has 6 nitrogen and oxygen atoms in total. The van der Waals surface area contributed by atoms with Gasteiger partial charge in [-0.3, -0.25) is 9.48 Å². The van der Waals surface area contributed by atoms with Crippen LogP contribution in [0.25, 0.3) is 0 Å². The molecule has 0 saturated carbocycles. The fraction of sp³-hybridized carbons (Fsp3) is 0.500. The summed E-state index contributed by atoms with van der Waals surface area (Å²) in [6.07, 6.45) is 1.22. The maximum Gasteiger partial charge on any atom is 0.326 e. The summed E-state index contributed by atoms with van der Waals surface area (Å²) >= 11 is 0. The third-order valence-corrected chi connectivity index (χ3v) is 4.93. The lowest BCUT2D eigenvalue weighted by molar-refractivity contribution is -0.142. The zero-order valence-electron chi connectivity index (χ0n) is 17.5. The first-order valence-corrected chi connectivity index (χ1v) is 9.78. The molecule has 1 aromatic carbocycles. The van der Waals surface area contributed by atoms with Crippen molar-refractivity contribution in [1.29, 1.82) is 0 Å². The van der Waals surface area contributed by atoms with Crippen molar-refractivity contribution in [3.8, 4) is 0 Å². The van der Waals surface area contributed by atoms with Crippen molar-refractivity contribution < 1.29 is 14.7 Å². The number of carbonyl (C=O) groups excluding carboxylic acids is 1. The van der Waals surface area contributed by atoms with Crippen molar-refractivity contribution in [2.45, 2.75) is 66.5 Å². The van der Waals surface area contributed by atoms with Gasteiger partial charge in [-0.2, -0.15) is 5.10 Å². The maximum absolute atomic E-state index is 12.3. The highest BCUT2D eigenvalue weighted by atomic mass is 16.4. The second-order valence-electron chi connectivity index (χ2n) is 7.88. The first-order chi connectivity index (χ1) is 13.2.